The van der Waals surface area contributed by atoms with Gasteiger partial charge in [-0.1, -0.05) is 27.2 Å². The summed E-state index contributed by atoms with van der Waals surface area (Å²) < 4.78 is 5.19. The third-order valence-electron chi connectivity index (χ3n) is 2.90. The van der Waals surface area contributed by atoms with Gasteiger partial charge >= 0.3 is 5.97 Å². The molecule has 0 bridgehead atoms. The lowest BCUT2D eigenvalue weighted by molar-refractivity contribution is -0.155. The summed E-state index contributed by atoms with van der Waals surface area (Å²) in [5, 5.41) is 9.91. The summed E-state index contributed by atoms with van der Waals surface area (Å²) >= 11 is 0. The monoisotopic (exact) mass is 230 g/mol. The lowest BCUT2D eigenvalue weighted by Crippen LogP contribution is -2.31. The molecule has 0 aliphatic heterocycles. The van der Waals surface area contributed by atoms with E-state index in [4.69, 9.17) is 4.74 Å². The van der Waals surface area contributed by atoms with Gasteiger partial charge in [0, 0.05) is 5.92 Å². The first-order valence-electron chi connectivity index (χ1n) is 6.05. The number of carbonyl (C=O) groups is 1. The zero-order valence-corrected chi connectivity index (χ0v) is 11.4. The molecule has 0 amide bonds. The van der Waals surface area contributed by atoms with Gasteiger partial charge in [0.1, 0.15) is 0 Å². The number of hydrogen-bond donors (Lipinski definition) is 1. The van der Waals surface area contributed by atoms with Crippen molar-refractivity contribution in [2.45, 2.75) is 54.1 Å². The van der Waals surface area contributed by atoms with Crippen LogP contribution in [0.5, 0.6) is 0 Å². The maximum Gasteiger partial charge on any atom is 0.311 e. The van der Waals surface area contributed by atoms with Crippen LogP contribution in [0.15, 0.2) is 0 Å². The zero-order valence-electron chi connectivity index (χ0n) is 11.4. The third-order valence-corrected chi connectivity index (χ3v) is 2.90. The molecule has 3 nitrogen and oxygen atoms in total. The first-order valence-corrected chi connectivity index (χ1v) is 6.05. The molecule has 0 rings (SSSR count). The van der Waals surface area contributed by atoms with Gasteiger partial charge in [-0.2, -0.15) is 0 Å². The highest BCUT2D eigenvalue weighted by atomic mass is 16.5. The van der Waals surface area contributed by atoms with E-state index in [1.54, 1.807) is 0 Å². The Balaban J connectivity index is 4.08. The molecule has 0 unspecified atom stereocenters. The summed E-state index contributed by atoms with van der Waals surface area (Å²) in [6.07, 6.45) is 0.524. The first kappa shape index (κ1) is 15.4. The van der Waals surface area contributed by atoms with Crippen molar-refractivity contribution in [1.82, 2.24) is 0 Å². The molecule has 1 N–H and O–H groups in total. The van der Waals surface area contributed by atoms with Gasteiger partial charge in [-0.15, -0.1) is 0 Å². The van der Waals surface area contributed by atoms with Crippen LogP contribution in [0, 0.1) is 17.3 Å². The second-order valence-electron chi connectivity index (χ2n) is 5.70. The molecule has 0 spiro atoms. The van der Waals surface area contributed by atoms with E-state index in [1.807, 2.05) is 41.5 Å². The normalized spacial score (nSPS) is 17.7. The Labute approximate surface area is 99.2 Å². The van der Waals surface area contributed by atoms with Crippen molar-refractivity contribution in [1.29, 1.82) is 0 Å². The molecule has 0 aromatic rings. The van der Waals surface area contributed by atoms with Crippen LogP contribution in [-0.2, 0) is 9.53 Å². The largest absolute Gasteiger partial charge is 0.465 e. The number of aliphatic hydroxyl groups is 1. The summed E-state index contributed by atoms with van der Waals surface area (Å²) in [6, 6.07) is 0. The van der Waals surface area contributed by atoms with Crippen molar-refractivity contribution in [2.24, 2.45) is 17.3 Å². The summed E-state index contributed by atoms with van der Waals surface area (Å²) in [7, 11) is 0. The third kappa shape index (κ3) is 4.97. The molecule has 3 atom stereocenters. The van der Waals surface area contributed by atoms with E-state index in [-0.39, 0.29) is 17.8 Å². The minimum atomic E-state index is -0.471. The Hall–Kier alpha value is -0.570. The fraction of sp³-hybridized carbons (Fsp3) is 0.923. The van der Waals surface area contributed by atoms with Crippen LogP contribution < -0.4 is 0 Å². The van der Waals surface area contributed by atoms with Gasteiger partial charge in [0.15, 0.2) is 0 Å². The molecule has 16 heavy (non-hydrogen) atoms. The second kappa shape index (κ2) is 6.24. The van der Waals surface area contributed by atoms with Crippen molar-refractivity contribution in [3.8, 4) is 0 Å². The average molecular weight is 230 g/mol. The fourth-order valence-electron chi connectivity index (χ4n) is 1.32. The number of hydrogen-bond acceptors (Lipinski definition) is 3. The van der Waals surface area contributed by atoms with Crippen LogP contribution in [0.2, 0.25) is 0 Å². The van der Waals surface area contributed by atoms with Gasteiger partial charge < -0.3 is 9.84 Å². The molecule has 0 saturated heterocycles. The van der Waals surface area contributed by atoms with Crippen molar-refractivity contribution in [3.05, 3.63) is 0 Å². The molecule has 0 radical (unpaired) electrons. The molecule has 0 fully saturated rings. The van der Waals surface area contributed by atoms with Crippen LogP contribution >= 0.6 is 0 Å². The highest BCUT2D eigenvalue weighted by Crippen LogP contribution is 2.19. The van der Waals surface area contributed by atoms with Gasteiger partial charge in [-0.05, 0) is 26.7 Å². The van der Waals surface area contributed by atoms with Gasteiger partial charge in [-0.25, -0.2) is 0 Å². The summed E-state index contributed by atoms with van der Waals surface area (Å²) in [4.78, 5) is 11.5. The Morgan fingerprint density at radius 2 is 1.75 bits per heavy atom. The van der Waals surface area contributed by atoms with Crippen molar-refractivity contribution < 1.29 is 14.6 Å². The summed E-state index contributed by atoms with van der Waals surface area (Å²) in [6.45, 7) is 11.7. The summed E-state index contributed by atoms with van der Waals surface area (Å²) in [5.41, 5.74) is -0.471. The van der Waals surface area contributed by atoms with E-state index in [2.05, 4.69) is 0 Å². The minimum Gasteiger partial charge on any atom is -0.465 e. The number of aliphatic hydroxyl groups excluding tert-OH is 1. The molecule has 0 aliphatic carbocycles. The van der Waals surface area contributed by atoms with E-state index in [0.717, 1.165) is 6.42 Å². The molecule has 0 aliphatic rings. The predicted molar refractivity (Wildman–Crippen MR) is 65.0 cm³/mol. The van der Waals surface area contributed by atoms with Crippen LogP contribution in [0.4, 0.5) is 0 Å². The molecular formula is C13H26O3. The summed E-state index contributed by atoms with van der Waals surface area (Å²) in [5.74, 6) is 0.0142. The highest BCUT2D eigenvalue weighted by molar-refractivity contribution is 5.75. The SMILES string of the molecule is CC[C@@H](C)[C@@H](O)[C@H](C)COC(=O)C(C)(C)C. The number of esters is 1. The fourth-order valence-corrected chi connectivity index (χ4v) is 1.32. The Kier molecular flexibility index (Phi) is 6.01. The highest BCUT2D eigenvalue weighted by Gasteiger charge is 2.26. The topological polar surface area (TPSA) is 46.5 Å². The van der Waals surface area contributed by atoms with E-state index >= 15 is 0 Å². The van der Waals surface area contributed by atoms with Gasteiger partial charge in [-0.3, -0.25) is 4.79 Å². The van der Waals surface area contributed by atoms with Crippen molar-refractivity contribution in [3.63, 3.8) is 0 Å². The first-order chi connectivity index (χ1) is 7.20. The van der Waals surface area contributed by atoms with Crippen molar-refractivity contribution >= 4 is 5.97 Å². The molecular weight excluding hydrogens is 204 g/mol. The maximum absolute atomic E-state index is 11.5. The van der Waals surface area contributed by atoms with Gasteiger partial charge in [0.25, 0.3) is 0 Å². The van der Waals surface area contributed by atoms with Crippen molar-refractivity contribution in [2.75, 3.05) is 6.61 Å². The quantitative estimate of drug-likeness (QED) is 0.738. The minimum absolute atomic E-state index is 0.0127. The van der Waals surface area contributed by atoms with E-state index in [9.17, 15) is 9.90 Å². The number of rotatable bonds is 5. The lowest BCUT2D eigenvalue weighted by Gasteiger charge is -2.25. The van der Waals surface area contributed by atoms with E-state index < -0.39 is 11.5 Å². The second-order valence-corrected chi connectivity index (χ2v) is 5.70. The smallest absolute Gasteiger partial charge is 0.311 e. The van der Waals surface area contributed by atoms with Gasteiger partial charge in [0.05, 0.1) is 18.1 Å². The molecule has 0 saturated carbocycles. The van der Waals surface area contributed by atoms with Crippen LogP contribution in [0.25, 0.3) is 0 Å². The van der Waals surface area contributed by atoms with E-state index in [1.165, 1.54) is 0 Å². The number of ether oxygens (including phenoxy) is 1. The molecule has 0 aromatic carbocycles. The van der Waals surface area contributed by atoms with E-state index in [0.29, 0.717) is 6.61 Å². The molecule has 0 aromatic heterocycles. The van der Waals surface area contributed by atoms with Crippen LogP contribution in [0.1, 0.15) is 48.0 Å². The standard InChI is InChI=1S/C13H26O3/c1-7-9(2)11(14)10(3)8-16-12(15)13(4,5)6/h9-11,14H,7-8H2,1-6H3/t9-,10-,11-/m1/s1. The lowest BCUT2D eigenvalue weighted by atomic mass is 9.92. The number of carbonyl (C=O) groups excluding carboxylic acids is 1. The van der Waals surface area contributed by atoms with Crippen LogP contribution in [-0.4, -0.2) is 23.8 Å². The molecule has 3 heteroatoms. The molecule has 0 heterocycles. The molecule has 96 valence electrons. The van der Waals surface area contributed by atoms with Crippen LogP contribution in [0.3, 0.4) is 0 Å². The predicted octanol–water partition coefficient (Wildman–Crippen LogP) is 2.62. The Morgan fingerprint density at radius 3 is 2.12 bits per heavy atom. The Bertz CT molecular complexity index is 218. The zero-order chi connectivity index (χ0) is 12.9. The Morgan fingerprint density at radius 1 is 1.25 bits per heavy atom. The maximum atomic E-state index is 11.5. The van der Waals surface area contributed by atoms with Gasteiger partial charge in [0.2, 0.25) is 0 Å². The average Bonchev–Trinajstić information content (AvgIpc) is 2.21.